The maximum absolute atomic E-state index is 12.0. The Kier molecular flexibility index (Phi) is 3.64. The van der Waals surface area contributed by atoms with Gasteiger partial charge in [-0.2, -0.15) is 0 Å². The molecule has 1 amide bonds. The van der Waals surface area contributed by atoms with E-state index in [1.54, 1.807) is 4.90 Å². The zero-order valence-corrected chi connectivity index (χ0v) is 10.2. The van der Waals surface area contributed by atoms with Gasteiger partial charge < -0.3 is 14.4 Å². The number of hydrogen-bond donors (Lipinski definition) is 0. The topological polar surface area (TPSA) is 38.8 Å². The number of carbonyl (C=O) groups is 1. The molecule has 0 N–H and O–H groups in total. The Morgan fingerprint density at radius 1 is 1.53 bits per heavy atom. The SMILES string of the molecule is CCOCC(=O)N1CCOc2cc(C)ccc21. The number of nitrogens with zero attached hydrogens (tertiary/aromatic N) is 1. The molecule has 1 aromatic rings. The summed E-state index contributed by atoms with van der Waals surface area (Å²) in [5, 5.41) is 0. The molecule has 0 fully saturated rings. The van der Waals surface area contributed by atoms with Crippen molar-refractivity contribution in [2.45, 2.75) is 13.8 Å². The summed E-state index contributed by atoms with van der Waals surface area (Å²) in [6, 6.07) is 5.86. The zero-order chi connectivity index (χ0) is 12.3. The van der Waals surface area contributed by atoms with Crippen LogP contribution in [-0.4, -0.2) is 32.3 Å². The van der Waals surface area contributed by atoms with Crippen LogP contribution in [0, 0.1) is 6.92 Å². The normalized spacial score (nSPS) is 14.1. The van der Waals surface area contributed by atoms with Gasteiger partial charge in [-0.1, -0.05) is 6.07 Å². The van der Waals surface area contributed by atoms with E-state index < -0.39 is 0 Å². The maximum atomic E-state index is 12.0. The van der Waals surface area contributed by atoms with Gasteiger partial charge in [-0.25, -0.2) is 0 Å². The summed E-state index contributed by atoms with van der Waals surface area (Å²) in [6.45, 7) is 5.69. The predicted octanol–water partition coefficient (Wildman–Crippen LogP) is 1.76. The summed E-state index contributed by atoms with van der Waals surface area (Å²) in [5.41, 5.74) is 1.97. The van der Waals surface area contributed by atoms with Crippen molar-refractivity contribution < 1.29 is 14.3 Å². The standard InChI is InChI=1S/C13H17NO3/c1-3-16-9-13(15)14-6-7-17-12-8-10(2)4-5-11(12)14/h4-5,8H,3,6-7,9H2,1-2H3. The maximum Gasteiger partial charge on any atom is 0.253 e. The molecule has 4 nitrogen and oxygen atoms in total. The first kappa shape index (κ1) is 11.9. The number of rotatable bonds is 3. The molecule has 0 saturated carbocycles. The molecule has 0 radical (unpaired) electrons. The van der Waals surface area contributed by atoms with Gasteiger partial charge >= 0.3 is 0 Å². The lowest BCUT2D eigenvalue weighted by molar-refractivity contribution is -0.123. The number of amides is 1. The van der Waals surface area contributed by atoms with E-state index in [-0.39, 0.29) is 12.5 Å². The molecule has 2 rings (SSSR count). The highest BCUT2D eigenvalue weighted by atomic mass is 16.5. The minimum absolute atomic E-state index is 0.0137. The monoisotopic (exact) mass is 235 g/mol. The highest BCUT2D eigenvalue weighted by Crippen LogP contribution is 2.32. The zero-order valence-electron chi connectivity index (χ0n) is 10.2. The van der Waals surface area contributed by atoms with Crippen molar-refractivity contribution in [1.29, 1.82) is 0 Å². The van der Waals surface area contributed by atoms with Gasteiger partial charge in [0.05, 0.1) is 12.2 Å². The van der Waals surface area contributed by atoms with Gasteiger partial charge in [0.1, 0.15) is 19.0 Å². The highest BCUT2D eigenvalue weighted by Gasteiger charge is 2.23. The van der Waals surface area contributed by atoms with Gasteiger partial charge in [0, 0.05) is 6.61 Å². The Morgan fingerprint density at radius 3 is 3.12 bits per heavy atom. The fourth-order valence-corrected chi connectivity index (χ4v) is 1.85. The predicted molar refractivity (Wildman–Crippen MR) is 65.5 cm³/mol. The molecule has 1 heterocycles. The number of fused-ring (bicyclic) bond motifs is 1. The number of carbonyl (C=O) groups excluding carboxylic acids is 1. The second-order valence-corrected chi connectivity index (χ2v) is 4.00. The van der Waals surface area contributed by atoms with E-state index in [1.165, 1.54) is 0 Å². The molecule has 0 saturated heterocycles. The molecule has 0 unspecified atom stereocenters. The van der Waals surface area contributed by atoms with Crippen molar-refractivity contribution >= 4 is 11.6 Å². The minimum Gasteiger partial charge on any atom is -0.490 e. The number of hydrogen-bond acceptors (Lipinski definition) is 3. The molecule has 0 aliphatic carbocycles. The van der Waals surface area contributed by atoms with Crippen LogP contribution in [0.2, 0.25) is 0 Å². The lowest BCUT2D eigenvalue weighted by Gasteiger charge is -2.29. The first-order chi connectivity index (χ1) is 8.22. The van der Waals surface area contributed by atoms with E-state index in [2.05, 4.69) is 0 Å². The molecule has 1 aliphatic heterocycles. The summed E-state index contributed by atoms with van der Waals surface area (Å²) in [4.78, 5) is 13.7. The lowest BCUT2D eigenvalue weighted by Crippen LogP contribution is -2.40. The summed E-state index contributed by atoms with van der Waals surface area (Å²) < 4.78 is 10.7. The van der Waals surface area contributed by atoms with E-state index in [9.17, 15) is 4.79 Å². The van der Waals surface area contributed by atoms with E-state index in [4.69, 9.17) is 9.47 Å². The molecule has 0 atom stereocenters. The quantitative estimate of drug-likeness (QED) is 0.801. The average molecular weight is 235 g/mol. The van der Waals surface area contributed by atoms with Crippen molar-refractivity contribution in [2.75, 3.05) is 31.3 Å². The fraction of sp³-hybridized carbons (Fsp3) is 0.462. The second kappa shape index (κ2) is 5.19. The third-order valence-corrected chi connectivity index (χ3v) is 2.71. The van der Waals surface area contributed by atoms with Gasteiger partial charge in [0.2, 0.25) is 0 Å². The molecule has 92 valence electrons. The van der Waals surface area contributed by atoms with E-state index in [0.29, 0.717) is 19.8 Å². The van der Waals surface area contributed by atoms with Gasteiger partial charge in [-0.15, -0.1) is 0 Å². The van der Waals surface area contributed by atoms with Crippen LogP contribution in [-0.2, 0) is 9.53 Å². The molecule has 0 bridgehead atoms. The van der Waals surface area contributed by atoms with Crippen LogP contribution in [0.1, 0.15) is 12.5 Å². The van der Waals surface area contributed by atoms with Gasteiger partial charge in [-0.05, 0) is 31.5 Å². The van der Waals surface area contributed by atoms with Crippen LogP contribution in [0.25, 0.3) is 0 Å². The number of ether oxygens (including phenoxy) is 2. The Labute approximate surface area is 101 Å². The van der Waals surface area contributed by atoms with Crippen LogP contribution in [0.15, 0.2) is 18.2 Å². The average Bonchev–Trinajstić information content (AvgIpc) is 2.34. The van der Waals surface area contributed by atoms with Crippen LogP contribution in [0.5, 0.6) is 5.75 Å². The van der Waals surface area contributed by atoms with E-state index >= 15 is 0 Å². The van der Waals surface area contributed by atoms with E-state index in [0.717, 1.165) is 17.0 Å². The van der Waals surface area contributed by atoms with Crippen molar-refractivity contribution in [3.05, 3.63) is 23.8 Å². The summed E-state index contributed by atoms with van der Waals surface area (Å²) in [7, 11) is 0. The number of aryl methyl sites for hydroxylation is 1. The molecule has 4 heteroatoms. The highest BCUT2D eigenvalue weighted by molar-refractivity contribution is 5.96. The second-order valence-electron chi connectivity index (χ2n) is 4.00. The van der Waals surface area contributed by atoms with Gasteiger partial charge in [-0.3, -0.25) is 4.79 Å². The molecule has 17 heavy (non-hydrogen) atoms. The Hall–Kier alpha value is -1.55. The lowest BCUT2D eigenvalue weighted by atomic mass is 10.1. The number of anilines is 1. The molecule has 0 spiro atoms. The summed E-state index contributed by atoms with van der Waals surface area (Å²) >= 11 is 0. The van der Waals surface area contributed by atoms with E-state index in [1.807, 2.05) is 32.0 Å². The Bertz CT molecular complexity index is 417. The Morgan fingerprint density at radius 2 is 2.35 bits per heavy atom. The van der Waals surface area contributed by atoms with Crippen LogP contribution < -0.4 is 9.64 Å². The minimum atomic E-state index is -0.0137. The number of benzene rings is 1. The van der Waals surface area contributed by atoms with Gasteiger partial charge in [0.15, 0.2) is 0 Å². The first-order valence-corrected chi connectivity index (χ1v) is 5.84. The van der Waals surface area contributed by atoms with Crippen LogP contribution >= 0.6 is 0 Å². The summed E-state index contributed by atoms with van der Waals surface area (Å²) in [5.74, 6) is 0.765. The molecular weight excluding hydrogens is 218 g/mol. The molecular formula is C13H17NO3. The van der Waals surface area contributed by atoms with Crippen LogP contribution in [0.4, 0.5) is 5.69 Å². The first-order valence-electron chi connectivity index (χ1n) is 5.84. The third-order valence-electron chi connectivity index (χ3n) is 2.71. The smallest absolute Gasteiger partial charge is 0.253 e. The van der Waals surface area contributed by atoms with Crippen molar-refractivity contribution in [3.63, 3.8) is 0 Å². The summed E-state index contributed by atoms with van der Waals surface area (Å²) in [6.07, 6.45) is 0. The molecule has 1 aromatic carbocycles. The third kappa shape index (κ3) is 2.58. The van der Waals surface area contributed by atoms with Crippen molar-refractivity contribution in [2.24, 2.45) is 0 Å². The van der Waals surface area contributed by atoms with Gasteiger partial charge in [0.25, 0.3) is 5.91 Å². The largest absolute Gasteiger partial charge is 0.490 e. The van der Waals surface area contributed by atoms with Crippen molar-refractivity contribution in [3.8, 4) is 5.75 Å². The fourth-order valence-electron chi connectivity index (χ4n) is 1.85. The Balaban J connectivity index is 2.19. The van der Waals surface area contributed by atoms with Crippen LogP contribution in [0.3, 0.4) is 0 Å². The molecule has 0 aromatic heterocycles. The van der Waals surface area contributed by atoms with Crippen molar-refractivity contribution in [1.82, 2.24) is 0 Å². The molecule has 1 aliphatic rings.